The molecule has 1 unspecified atom stereocenters. The summed E-state index contributed by atoms with van der Waals surface area (Å²) in [7, 11) is 0. The molecule has 1 aromatic rings. The number of hydrogen-bond acceptors (Lipinski definition) is 3. The van der Waals surface area contributed by atoms with Crippen LogP contribution in [0, 0.1) is 5.92 Å². The van der Waals surface area contributed by atoms with Gasteiger partial charge in [-0.1, -0.05) is 43.7 Å². The van der Waals surface area contributed by atoms with E-state index in [0.29, 0.717) is 18.9 Å². The van der Waals surface area contributed by atoms with Crippen LogP contribution in [0.3, 0.4) is 0 Å². The highest BCUT2D eigenvalue weighted by Gasteiger charge is 2.28. The zero-order valence-corrected chi connectivity index (χ0v) is 18.2. The van der Waals surface area contributed by atoms with Crippen molar-refractivity contribution in [1.29, 1.82) is 0 Å². The van der Waals surface area contributed by atoms with Crippen molar-refractivity contribution in [2.24, 2.45) is 10.9 Å². The molecule has 1 fully saturated rings. The first-order valence-electron chi connectivity index (χ1n) is 11.1. The molecule has 1 aliphatic rings. The van der Waals surface area contributed by atoms with Crippen LogP contribution in [-0.2, 0) is 16.0 Å². The summed E-state index contributed by atoms with van der Waals surface area (Å²) in [6, 6.07) is 10.3. The van der Waals surface area contributed by atoms with Crippen LogP contribution in [0.15, 0.2) is 35.3 Å². The standard InChI is InChI=1S/C23H38N4O2/c1-3-5-15-29-16-9-13-25-23(24-4-2)26-18-21-17-22(28)27(19-21)14-12-20-10-7-6-8-11-20/h6-8,10-11,21H,3-5,9,12-19H2,1-2H3,(H2,24,25,26). The maximum absolute atomic E-state index is 12.3. The maximum Gasteiger partial charge on any atom is 0.223 e. The molecule has 0 aliphatic carbocycles. The molecule has 0 saturated carbocycles. The SMILES string of the molecule is CCCCOCCCNC(=NCC1CC(=O)N(CCc2ccccc2)C1)NCC. The highest BCUT2D eigenvalue weighted by atomic mass is 16.5. The smallest absolute Gasteiger partial charge is 0.223 e. The molecule has 2 rings (SSSR count). The van der Waals surface area contributed by atoms with Crippen molar-refractivity contribution in [2.45, 2.75) is 46.0 Å². The second-order valence-corrected chi connectivity index (χ2v) is 7.61. The van der Waals surface area contributed by atoms with Crippen molar-refractivity contribution in [3.05, 3.63) is 35.9 Å². The van der Waals surface area contributed by atoms with Gasteiger partial charge in [0.15, 0.2) is 5.96 Å². The second-order valence-electron chi connectivity index (χ2n) is 7.61. The molecule has 0 spiro atoms. The summed E-state index contributed by atoms with van der Waals surface area (Å²) in [5, 5.41) is 6.65. The number of rotatable bonds is 13. The molecule has 6 nitrogen and oxygen atoms in total. The van der Waals surface area contributed by atoms with E-state index in [1.54, 1.807) is 0 Å². The summed E-state index contributed by atoms with van der Waals surface area (Å²) in [5.41, 5.74) is 1.28. The number of ether oxygens (including phenoxy) is 1. The van der Waals surface area contributed by atoms with Gasteiger partial charge in [0.1, 0.15) is 0 Å². The zero-order chi connectivity index (χ0) is 20.7. The topological polar surface area (TPSA) is 66.0 Å². The number of hydrogen-bond donors (Lipinski definition) is 2. The number of amides is 1. The molecule has 1 saturated heterocycles. The molecule has 1 atom stereocenters. The third kappa shape index (κ3) is 9.31. The second kappa shape index (κ2) is 14.0. The molecule has 0 aromatic heterocycles. The van der Waals surface area contributed by atoms with E-state index in [1.165, 1.54) is 12.0 Å². The Morgan fingerprint density at radius 1 is 1.17 bits per heavy atom. The van der Waals surface area contributed by atoms with Gasteiger partial charge < -0.3 is 20.3 Å². The number of carbonyl (C=O) groups excluding carboxylic acids is 1. The summed E-state index contributed by atoms with van der Waals surface area (Å²) in [4.78, 5) is 19.0. The van der Waals surface area contributed by atoms with E-state index < -0.39 is 0 Å². The van der Waals surface area contributed by atoms with Gasteiger partial charge in [0.25, 0.3) is 0 Å². The van der Waals surface area contributed by atoms with Crippen molar-refractivity contribution in [3.63, 3.8) is 0 Å². The predicted molar refractivity (Wildman–Crippen MR) is 119 cm³/mol. The fourth-order valence-corrected chi connectivity index (χ4v) is 3.39. The van der Waals surface area contributed by atoms with Gasteiger partial charge in [-0.15, -0.1) is 0 Å². The molecular weight excluding hydrogens is 364 g/mol. The number of guanidine groups is 1. The summed E-state index contributed by atoms with van der Waals surface area (Å²) >= 11 is 0. The van der Waals surface area contributed by atoms with E-state index in [4.69, 9.17) is 9.73 Å². The minimum absolute atomic E-state index is 0.253. The van der Waals surface area contributed by atoms with Gasteiger partial charge in [-0.3, -0.25) is 9.79 Å². The van der Waals surface area contributed by atoms with Gasteiger partial charge in [-0.2, -0.15) is 0 Å². The van der Waals surface area contributed by atoms with Gasteiger partial charge in [0, 0.05) is 58.3 Å². The Bertz CT molecular complexity index is 606. The molecule has 29 heavy (non-hydrogen) atoms. The van der Waals surface area contributed by atoms with E-state index in [2.05, 4.69) is 36.6 Å². The number of likely N-dealkylation sites (tertiary alicyclic amines) is 1. The number of unbranched alkanes of at least 4 members (excludes halogenated alkanes) is 1. The van der Waals surface area contributed by atoms with Crippen molar-refractivity contribution in [1.82, 2.24) is 15.5 Å². The van der Waals surface area contributed by atoms with Crippen molar-refractivity contribution >= 4 is 11.9 Å². The lowest BCUT2D eigenvalue weighted by molar-refractivity contribution is -0.127. The third-order valence-corrected chi connectivity index (χ3v) is 5.06. The molecular formula is C23H38N4O2. The highest BCUT2D eigenvalue weighted by Crippen LogP contribution is 2.18. The van der Waals surface area contributed by atoms with Crippen LogP contribution >= 0.6 is 0 Å². The van der Waals surface area contributed by atoms with Gasteiger partial charge in [-0.05, 0) is 31.7 Å². The van der Waals surface area contributed by atoms with Gasteiger partial charge in [0.2, 0.25) is 5.91 Å². The number of carbonyl (C=O) groups is 1. The van der Waals surface area contributed by atoms with Crippen LogP contribution in [0.2, 0.25) is 0 Å². The van der Waals surface area contributed by atoms with Crippen molar-refractivity contribution in [2.75, 3.05) is 45.9 Å². The molecule has 1 amide bonds. The Hall–Kier alpha value is -2.08. The van der Waals surface area contributed by atoms with Crippen molar-refractivity contribution < 1.29 is 9.53 Å². The summed E-state index contributed by atoms with van der Waals surface area (Å²) in [6.45, 7) is 9.80. The summed E-state index contributed by atoms with van der Waals surface area (Å²) in [6.07, 6.45) is 4.77. The van der Waals surface area contributed by atoms with Gasteiger partial charge in [0.05, 0.1) is 0 Å². The Morgan fingerprint density at radius 3 is 2.72 bits per heavy atom. The fourth-order valence-electron chi connectivity index (χ4n) is 3.39. The number of aliphatic imine (C=N–C) groups is 1. The fraction of sp³-hybridized carbons (Fsp3) is 0.652. The average Bonchev–Trinajstić information content (AvgIpc) is 3.10. The van der Waals surface area contributed by atoms with Crippen LogP contribution in [0.4, 0.5) is 0 Å². The lowest BCUT2D eigenvalue weighted by Gasteiger charge is -2.16. The Balaban J connectivity index is 1.69. The van der Waals surface area contributed by atoms with Crippen molar-refractivity contribution in [3.8, 4) is 0 Å². The van der Waals surface area contributed by atoms with E-state index in [0.717, 1.165) is 64.6 Å². The van der Waals surface area contributed by atoms with Crippen LogP contribution in [0.5, 0.6) is 0 Å². The highest BCUT2D eigenvalue weighted by molar-refractivity contribution is 5.80. The van der Waals surface area contributed by atoms with E-state index in [1.807, 2.05) is 23.1 Å². The molecule has 1 aromatic carbocycles. The largest absolute Gasteiger partial charge is 0.381 e. The first-order chi connectivity index (χ1) is 14.2. The summed E-state index contributed by atoms with van der Waals surface area (Å²) in [5.74, 6) is 1.38. The third-order valence-electron chi connectivity index (χ3n) is 5.06. The van der Waals surface area contributed by atoms with E-state index in [9.17, 15) is 4.79 Å². The molecule has 1 aliphatic heterocycles. The van der Waals surface area contributed by atoms with E-state index in [-0.39, 0.29) is 5.91 Å². The molecule has 0 bridgehead atoms. The molecule has 2 N–H and O–H groups in total. The lowest BCUT2D eigenvalue weighted by Crippen LogP contribution is -2.38. The van der Waals surface area contributed by atoms with Crippen LogP contribution in [-0.4, -0.2) is 62.7 Å². The van der Waals surface area contributed by atoms with E-state index >= 15 is 0 Å². The van der Waals surface area contributed by atoms with Crippen LogP contribution in [0.25, 0.3) is 0 Å². The first kappa shape index (κ1) is 23.2. The minimum atomic E-state index is 0.253. The Morgan fingerprint density at radius 2 is 1.97 bits per heavy atom. The molecule has 0 radical (unpaired) electrons. The zero-order valence-electron chi connectivity index (χ0n) is 18.2. The molecule has 1 heterocycles. The van der Waals surface area contributed by atoms with Gasteiger partial charge >= 0.3 is 0 Å². The Kier molecular flexibility index (Phi) is 11.2. The Labute approximate surface area is 176 Å². The average molecular weight is 403 g/mol. The number of nitrogens with one attached hydrogen (secondary N) is 2. The predicted octanol–water partition coefficient (Wildman–Crippen LogP) is 2.84. The quantitative estimate of drug-likeness (QED) is 0.302. The summed E-state index contributed by atoms with van der Waals surface area (Å²) < 4.78 is 5.59. The van der Waals surface area contributed by atoms with Gasteiger partial charge in [-0.25, -0.2) is 0 Å². The molecule has 6 heteroatoms. The number of benzene rings is 1. The molecule has 162 valence electrons. The first-order valence-corrected chi connectivity index (χ1v) is 11.1. The number of nitrogens with zero attached hydrogens (tertiary/aromatic N) is 2. The minimum Gasteiger partial charge on any atom is -0.381 e. The van der Waals surface area contributed by atoms with Crippen LogP contribution in [0.1, 0.15) is 45.1 Å². The normalized spacial score (nSPS) is 17.0. The van der Waals surface area contributed by atoms with Crippen LogP contribution < -0.4 is 10.6 Å². The lowest BCUT2D eigenvalue weighted by atomic mass is 10.1. The monoisotopic (exact) mass is 402 g/mol. The maximum atomic E-state index is 12.3.